The van der Waals surface area contributed by atoms with Gasteiger partial charge in [-0.05, 0) is 31.5 Å². The van der Waals surface area contributed by atoms with E-state index >= 15 is 0 Å². The number of aromatic nitrogens is 1. The number of fused-ring (bicyclic) bond motifs is 1. The molecule has 1 saturated heterocycles. The lowest BCUT2D eigenvalue weighted by Gasteiger charge is -2.34. The first-order valence-corrected chi connectivity index (χ1v) is 8.25. The van der Waals surface area contributed by atoms with Crippen LogP contribution in [0.4, 0.5) is 0 Å². The van der Waals surface area contributed by atoms with E-state index < -0.39 is 0 Å². The summed E-state index contributed by atoms with van der Waals surface area (Å²) in [6.07, 6.45) is 1.43. The molecule has 1 N–H and O–H groups in total. The highest BCUT2D eigenvalue weighted by Crippen LogP contribution is 2.23. The van der Waals surface area contributed by atoms with Gasteiger partial charge < -0.3 is 14.8 Å². The first-order chi connectivity index (χ1) is 10.7. The third kappa shape index (κ3) is 3.02. The van der Waals surface area contributed by atoms with E-state index in [2.05, 4.69) is 41.9 Å². The molecular formula is C18H25N3O. The van der Waals surface area contributed by atoms with Gasteiger partial charge in [-0.15, -0.1) is 0 Å². The molecule has 0 radical (unpaired) electrons. The molecule has 0 saturated carbocycles. The maximum atomic E-state index is 12.4. The minimum Gasteiger partial charge on any atom is -0.358 e. The number of nitrogens with zero attached hydrogens (tertiary/aromatic N) is 2. The maximum Gasteiger partial charge on any atom is 0.222 e. The molecule has 1 aromatic carbocycles. The van der Waals surface area contributed by atoms with Crippen LogP contribution in [0.2, 0.25) is 0 Å². The summed E-state index contributed by atoms with van der Waals surface area (Å²) in [5, 5.41) is 1.25. The monoisotopic (exact) mass is 299 g/mol. The van der Waals surface area contributed by atoms with E-state index in [0.29, 0.717) is 12.3 Å². The van der Waals surface area contributed by atoms with E-state index in [4.69, 9.17) is 0 Å². The lowest BCUT2D eigenvalue weighted by Crippen LogP contribution is -2.48. The molecule has 1 aliphatic heterocycles. The Balaban J connectivity index is 1.62. The fourth-order valence-electron chi connectivity index (χ4n) is 3.36. The number of amides is 1. The second-order valence-corrected chi connectivity index (χ2v) is 6.09. The Morgan fingerprint density at radius 3 is 2.64 bits per heavy atom. The normalized spacial score (nSPS) is 16.4. The Hall–Kier alpha value is -1.81. The molecule has 2 aromatic rings. The van der Waals surface area contributed by atoms with Crippen LogP contribution in [0.25, 0.3) is 10.9 Å². The first kappa shape index (κ1) is 15.1. The number of likely N-dealkylation sites (N-methyl/N-ethyl adjacent to an activating group) is 1. The lowest BCUT2D eigenvalue weighted by molar-refractivity contribution is -0.132. The van der Waals surface area contributed by atoms with Gasteiger partial charge in [0.2, 0.25) is 5.91 Å². The number of nitrogens with one attached hydrogen (secondary N) is 1. The van der Waals surface area contributed by atoms with Gasteiger partial charge in [0.1, 0.15) is 0 Å². The van der Waals surface area contributed by atoms with Crippen LogP contribution < -0.4 is 0 Å². The highest BCUT2D eigenvalue weighted by molar-refractivity contribution is 5.85. The third-order valence-corrected chi connectivity index (χ3v) is 4.79. The van der Waals surface area contributed by atoms with Gasteiger partial charge >= 0.3 is 0 Å². The summed E-state index contributed by atoms with van der Waals surface area (Å²) < 4.78 is 0. The number of benzene rings is 1. The Kier molecular flexibility index (Phi) is 4.48. The van der Waals surface area contributed by atoms with Crippen LogP contribution in [0.5, 0.6) is 0 Å². The molecule has 1 aliphatic rings. The van der Waals surface area contributed by atoms with Crippen LogP contribution in [0.15, 0.2) is 24.3 Å². The standard InChI is InChI=1S/C18H25N3O/c1-3-20-10-12-21(13-11-20)18(22)9-8-15-14(2)19-17-7-5-4-6-16(15)17/h4-7,19H,3,8-13H2,1-2H3. The predicted molar refractivity (Wildman–Crippen MR) is 90.1 cm³/mol. The first-order valence-electron chi connectivity index (χ1n) is 8.25. The van der Waals surface area contributed by atoms with Crippen molar-refractivity contribution in [2.75, 3.05) is 32.7 Å². The molecule has 4 heteroatoms. The Bertz CT molecular complexity index is 653. The molecule has 1 fully saturated rings. The van der Waals surface area contributed by atoms with Crippen LogP contribution in [0.3, 0.4) is 0 Å². The number of piperazine rings is 1. The van der Waals surface area contributed by atoms with E-state index in [-0.39, 0.29) is 0 Å². The van der Waals surface area contributed by atoms with Crippen molar-refractivity contribution in [1.82, 2.24) is 14.8 Å². The van der Waals surface area contributed by atoms with Crippen molar-refractivity contribution in [1.29, 1.82) is 0 Å². The van der Waals surface area contributed by atoms with Crippen LogP contribution in [0, 0.1) is 6.92 Å². The third-order valence-electron chi connectivity index (χ3n) is 4.79. The number of hydrogen-bond acceptors (Lipinski definition) is 2. The zero-order valence-corrected chi connectivity index (χ0v) is 13.6. The van der Waals surface area contributed by atoms with Gasteiger partial charge in [0.15, 0.2) is 0 Å². The van der Waals surface area contributed by atoms with Gasteiger partial charge in [-0.25, -0.2) is 0 Å². The van der Waals surface area contributed by atoms with Gasteiger partial charge in [-0.2, -0.15) is 0 Å². The molecule has 22 heavy (non-hydrogen) atoms. The molecule has 3 rings (SSSR count). The van der Waals surface area contributed by atoms with Crippen molar-refractivity contribution in [3.05, 3.63) is 35.5 Å². The number of carbonyl (C=O) groups is 1. The summed E-state index contributed by atoms with van der Waals surface area (Å²) in [7, 11) is 0. The Morgan fingerprint density at radius 1 is 1.18 bits per heavy atom. The fraction of sp³-hybridized carbons (Fsp3) is 0.500. The zero-order valence-electron chi connectivity index (χ0n) is 13.6. The van der Waals surface area contributed by atoms with Crippen LogP contribution in [-0.2, 0) is 11.2 Å². The molecule has 0 atom stereocenters. The summed E-state index contributed by atoms with van der Waals surface area (Å²) in [5.74, 6) is 0.292. The van der Waals surface area contributed by atoms with Crippen molar-refractivity contribution in [3.8, 4) is 0 Å². The number of para-hydroxylation sites is 1. The molecule has 1 amide bonds. The van der Waals surface area contributed by atoms with E-state index in [9.17, 15) is 4.79 Å². The number of aromatic amines is 1. The molecule has 118 valence electrons. The van der Waals surface area contributed by atoms with E-state index in [0.717, 1.165) is 39.1 Å². The summed E-state index contributed by atoms with van der Waals surface area (Å²) in [6.45, 7) is 9.12. The molecule has 0 aliphatic carbocycles. The summed E-state index contributed by atoms with van der Waals surface area (Å²) in [4.78, 5) is 20.3. The van der Waals surface area contributed by atoms with E-state index in [1.54, 1.807) is 0 Å². The fourth-order valence-corrected chi connectivity index (χ4v) is 3.36. The van der Waals surface area contributed by atoms with Gasteiger partial charge in [-0.1, -0.05) is 25.1 Å². The van der Waals surface area contributed by atoms with Crippen LogP contribution in [-0.4, -0.2) is 53.4 Å². The van der Waals surface area contributed by atoms with Crippen molar-refractivity contribution < 1.29 is 4.79 Å². The van der Waals surface area contributed by atoms with Gasteiger partial charge in [0, 0.05) is 49.2 Å². The van der Waals surface area contributed by atoms with E-state index in [1.807, 2.05) is 11.0 Å². The number of rotatable bonds is 4. The second-order valence-electron chi connectivity index (χ2n) is 6.09. The second kappa shape index (κ2) is 6.53. The van der Waals surface area contributed by atoms with Crippen LogP contribution in [0.1, 0.15) is 24.6 Å². The van der Waals surface area contributed by atoms with E-state index in [1.165, 1.54) is 22.2 Å². The highest BCUT2D eigenvalue weighted by atomic mass is 16.2. The Morgan fingerprint density at radius 2 is 1.91 bits per heavy atom. The quantitative estimate of drug-likeness (QED) is 0.942. The molecule has 0 unspecified atom stereocenters. The lowest BCUT2D eigenvalue weighted by atomic mass is 10.1. The smallest absolute Gasteiger partial charge is 0.222 e. The topological polar surface area (TPSA) is 39.3 Å². The summed E-state index contributed by atoms with van der Waals surface area (Å²) >= 11 is 0. The molecule has 0 bridgehead atoms. The van der Waals surface area contributed by atoms with Gasteiger partial charge in [0.05, 0.1) is 0 Å². The van der Waals surface area contributed by atoms with Crippen LogP contribution >= 0.6 is 0 Å². The zero-order chi connectivity index (χ0) is 15.5. The highest BCUT2D eigenvalue weighted by Gasteiger charge is 2.20. The molecule has 0 spiro atoms. The van der Waals surface area contributed by atoms with Gasteiger partial charge in [-0.3, -0.25) is 4.79 Å². The van der Waals surface area contributed by atoms with Crippen molar-refractivity contribution in [3.63, 3.8) is 0 Å². The molecule has 1 aromatic heterocycles. The Labute approximate surface area is 132 Å². The summed E-state index contributed by atoms with van der Waals surface area (Å²) in [5.41, 5.74) is 3.64. The minimum absolute atomic E-state index is 0.292. The number of aryl methyl sites for hydroxylation is 2. The molecule has 4 nitrogen and oxygen atoms in total. The van der Waals surface area contributed by atoms with Crippen molar-refractivity contribution in [2.45, 2.75) is 26.7 Å². The SMILES string of the molecule is CCN1CCN(C(=O)CCc2c(C)[nH]c3ccccc23)CC1. The predicted octanol–water partition coefficient (Wildman–Crippen LogP) is 2.57. The number of carbonyl (C=O) groups excluding carboxylic acids is 1. The van der Waals surface area contributed by atoms with Crippen molar-refractivity contribution >= 4 is 16.8 Å². The molecule has 2 heterocycles. The average Bonchev–Trinajstić information content (AvgIpc) is 2.88. The number of H-pyrrole nitrogens is 1. The average molecular weight is 299 g/mol. The summed E-state index contributed by atoms with van der Waals surface area (Å²) in [6, 6.07) is 8.33. The minimum atomic E-state index is 0.292. The number of hydrogen-bond donors (Lipinski definition) is 1. The maximum absolute atomic E-state index is 12.4. The largest absolute Gasteiger partial charge is 0.358 e. The van der Waals surface area contributed by atoms with Gasteiger partial charge in [0.25, 0.3) is 0 Å². The molecular weight excluding hydrogens is 274 g/mol. The van der Waals surface area contributed by atoms with Crippen molar-refractivity contribution in [2.24, 2.45) is 0 Å².